The van der Waals surface area contributed by atoms with Crippen molar-refractivity contribution in [2.75, 3.05) is 20.1 Å². The van der Waals surface area contributed by atoms with Gasteiger partial charge in [-0.05, 0) is 20.9 Å². The summed E-state index contributed by atoms with van der Waals surface area (Å²) in [6.07, 6.45) is 0. The van der Waals surface area contributed by atoms with Crippen LogP contribution in [0.5, 0.6) is 0 Å². The highest BCUT2D eigenvalue weighted by atomic mass is 32.1. The molecule has 3 heteroatoms. The Bertz CT molecular complexity index is 106. The van der Waals surface area contributed by atoms with Gasteiger partial charge < -0.3 is 0 Å². The largest absolute Gasteiger partial charge is 0.298 e. The quantitative estimate of drug-likeness (QED) is 0.525. The molecular formula is C7H16N2S. The van der Waals surface area contributed by atoms with Crippen molar-refractivity contribution in [2.45, 2.75) is 25.9 Å². The van der Waals surface area contributed by atoms with Gasteiger partial charge >= 0.3 is 0 Å². The molecule has 10 heavy (non-hydrogen) atoms. The van der Waals surface area contributed by atoms with Crippen molar-refractivity contribution in [1.29, 1.82) is 0 Å². The summed E-state index contributed by atoms with van der Waals surface area (Å²) in [6, 6.07) is 1.28. The molecule has 0 amide bonds. The molecule has 0 bridgehead atoms. The molecule has 0 unspecified atom stereocenters. The maximum Gasteiger partial charge on any atom is 0.0241 e. The molecule has 0 N–H and O–H groups in total. The van der Waals surface area contributed by atoms with Crippen LogP contribution in [0.3, 0.4) is 0 Å². The van der Waals surface area contributed by atoms with Gasteiger partial charge in [0.25, 0.3) is 0 Å². The van der Waals surface area contributed by atoms with E-state index < -0.39 is 0 Å². The number of hydrogen-bond acceptors (Lipinski definition) is 3. The Hall–Kier alpha value is 0.270. The van der Waals surface area contributed by atoms with E-state index in [0.29, 0.717) is 12.1 Å². The first-order valence-corrected chi connectivity index (χ1v) is 4.17. The molecule has 2 atom stereocenters. The molecule has 60 valence electrons. The van der Waals surface area contributed by atoms with Gasteiger partial charge in [0.05, 0.1) is 0 Å². The van der Waals surface area contributed by atoms with Crippen molar-refractivity contribution in [2.24, 2.45) is 0 Å². The van der Waals surface area contributed by atoms with Crippen molar-refractivity contribution in [3.8, 4) is 0 Å². The number of likely N-dealkylation sites (N-methyl/N-ethyl adjacent to an activating group) is 1. The second-order valence-electron chi connectivity index (χ2n) is 3.24. The predicted molar refractivity (Wildman–Crippen MR) is 47.2 cm³/mol. The van der Waals surface area contributed by atoms with Gasteiger partial charge in [0, 0.05) is 25.2 Å². The fourth-order valence-electron chi connectivity index (χ4n) is 1.38. The molecular weight excluding hydrogens is 144 g/mol. The Labute approximate surface area is 68.7 Å². The Balaban J connectivity index is 2.49. The lowest BCUT2D eigenvalue weighted by Gasteiger charge is -2.39. The molecule has 0 aromatic carbocycles. The van der Waals surface area contributed by atoms with E-state index in [9.17, 15) is 0 Å². The van der Waals surface area contributed by atoms with E-state index in [1.165, 1.54) is 0 Å². The van der Waals surface area contributed by atoms with Crippen molar-refractivity contribution >= 4 is 12.8 Å². The number of rotatable bonds is 0. The maximum absolute atomic E-state index is 4.33. The van der Waals surface area contributed by atoms with Gasteiger partial charge in [-0.15, -0.1) is 0 Å². The SMILES string of the molecule is C[C@@H]1CN(S)C[C@H](C)N1C. The topological polar surface area (TPSA) is 6.48 Å². The molecule has 1 aliphatic heterocycles. The summed E-state index contributed by atoms with van der Waals surface area (Å²) in [5.74, 6) is 0. The van der Waals surface area contributed by atoms with Gasteiger partial charge in [0.2, 0.25) is 0 Å². The number of hydrogen-bond donors (Lipinski definition) is 1. The molecule has 0 aromatic heterocycles. The normalized spacial score (nSPS) is 38.4. The van der Waals surface area contributed by atoms with Crippen LogP contribution in [0.15, 0.2) is 0 Å². The standard InChI is InChI=1S/C7H16N2S/c1-6-4-9(10)5-7(2)8(6)3/h6-7,10H,4-5H2,1-3H3/t6-,7+. The molecule has 1 saturated heterocycles. The molecule has 2 nitrogen and oxygen atoms in total. The smallest absolute Gasteiger partial charge is 0.0241 e. The fraction of sp³-hybridized carbons (Fsp3) is 1.00. The molecule has 1 rings (SSSR count). The maximum atomic E-state index is 4.33. The molecule has 1 fully saturated rings. The Morgan fingerprint density at radius 2 is 1.60 bits per heavy atom. The summed E-state index contributed by atoms with van der Waals surface area (Å²) in [4.78, 5) is 2.40. The van der Waals surface area contributed by atoms with Crippen molar-refractivity contribution in [3.63, 3.8) is 0 Å². The average molecular weight is 160 g/mol. The van der Waals surface area contributed by atoms with E-state index in [1.54, 1.807) is 0 Å². The van der Waals surface area contributed by atoms with E-state index >= 15 is 0 Å². The van der Waals surface area contributed by atoms with Crippen LogP contribution in [0.1, 0.15) is 13.8 Å². The van der Waals surface area contributed by atoms with E-state index in [-0.39, 0.29) is 0 Å². The third-order valence-corrected chi connectivity index (χ3v) is 2.67. The highest BCUT2D eigenvalue weighted by molar-refractivity contribution is 7.77. The lowest BCUT2D eigenvalue weighted by molar-refractivity contribution is 0.112. The molecule has 1 heterocycles. The zero-order valence-electron chi connectivity index (χ0n) is 6.91. The second kappa shape index (κ2) is 3.11. The third kappa shape index (κ3) is 1.65. The Kier molecular flexibility index (Phi) is 2.61. The summed E-state index contributed by atoms with van der Waals surface area (Å²) in [6.45, 7) is 6.62. The van der Waals surface area contributed by atoms with Gasteiger partial charge in [-0.3, -0.25) is 9.21 Å². The summed E-state index contributed by atoms with van der Waals surface area (Å²) < 4.78 is 2.09. The highest BCUT2D eigenvalue weighted by Crippen LogP contribution is 2.13. The van der Waals surface area contributed by atoms with Crippen LogP contribution >= 0.6 is 12.8 Å². The molecule has 0 spiro atoms. The predicted octanol–water partition coefficient (Wildman–Crippen LogP) is 0.856. The minimum atomic E-state index is 0.640. The second-order valence-corrected chi connectivity index (χ2v) is 3.80. The summed E-state index contributed by atoms with van der Waals surface area (Å²) in [5, 5.41) is 0. The number of piperazine rings is 1. The molecule has 0 saturated carbocycles. The molecule has 0 aliphatic carbocycles. The van der Waals surface area contributed by atoms with Crippen LogP contribution in [0.25, 0.3) is 0 Å². The van der Waals surface area contributed by atoms with Crippen LogP contribution in [-0.2, 0) is 0 Å². The van der Waals surface area contributed by atoms with Gasteiger partial charge in [0.15, 0.2) is 0 Å². The molecule has 0 aromatic rings. The van der Waals surface area contributed by atoms with Gasteiger partial charge in [-0.1, -0.05) is 12.8 Å². The van der Waals surface area contributed by atoms with Gasteiger partial charge in [0.1, 0.15) is 0 Å². The third-order valence-electron chi connectivity index (χ3n) is 2.34. The van der Waals surface area contributed by atoms with E-state index in [0.717, 1.165) is 13.1 Å². The fourth-order valence-corrected chi connectivity index (χ4v) is 1.85. The lowest BCUT2D eigenvalue weighted by atomic mass is 10.1. The zero-order chi connectivity index (χ0) is 7.72. The minimum absolute atomic E-state index is 0.640. The van der Waals surface area contributed by atoms with Crippen LogP contribution in [0.4, 0.5) is 0 Å². The lowest BCUT2D eigenvalue weighted by Crippen LogP contribution is -2.51. The van der Waals surface area contributed by atoms with Crippen molar-refractivity contribution in [1.82, 2.24) is 9.21 Å². The first-order valence-electron chi connectivity index (χ1n) is 3.77. The summed E-state index contributed by atoms with van der Waals surface area (Å²) in [7, 11) is 2.18. The monoisotopic (exact) mass is 160 g/mol. The Morgan fingerprint density at radius 1 is 1.20 bits per heavy atom. The number of thiol groups is 1. The zero-order valence-corrected chi connectivity index (χ0v) is 7.80. The van der Waals surface area contributed by atoms with Crippen LogP contribution in [0, 0.1) is 0 Å². The van der Waals surface area contributed by atoms with Gasteiger partial charge in [-0.25, -0.2) is 0 Å². The number of nitrogens with zero attached hydrogens (tertiary/aromatic N) is 2. The van der Waals surface area contributed by atoms with Crippen LogP contribution in [0.2, 0.25) is 0 Å². The first kappa shape index (κ1) is 8.37. The van der Waals surface area contributed by atoms with E-state index in [2.05, 4.69) is 42.9 Å². The van der Waals surface area contributed by atoms with E-state index in [1.807, 2.05) is 0 Å². The Morgan fingerprint density at radius 3 is 2.00 bits per heavy atom. The van der Waals surface area contributed by atoms with Crippen LogP contribution < -0.4 is 0 Å². The van der Waals surface area contributed by atoms with Crippen molar-refractivity contribution < 1.29 is 0 Å². The summed E-state index contributed by atoms with van der Waals surface area (Å²) in [5.41, 5.74) is 0. The minimum Gasteiger partial charge on any atom is -0.298 e. The highest BCUT2D eigenvalue weighted by Gasteiger charge is 2.24. The van der Waals surface area contributed by atoms with Crippen LogP contribution in [-0.4, -0.2) is 41.4 Å². The van der Waals surface area contributed by atoms with Crippen molar-refractivity contribution in [3.05, 3.63) is 0 Å². The van der Waals surface area contributed by atoms with E-state index in [4.69, 9.17) is 0 Å². The summed E-state index contributed by atoms with van der Waals surface area (Å²) >= 11 is 4.33. The first-order chi connectivity index (χ1) is 4.61. The van der Waals surface area contributed by atoms with Gasteiger partial charge in [-0.2, -0.15) is 0 Å². The molecule has 0 radical (unpaired) electrons. The average Bonchev–Trinajstić information content (AvgIpc) is 1.82. The molecule has 1 aliphatic rings.